The molecule has 1 unspecified atom stereocenters. The Bertz CT molecular complexity index is 711. The van der Waals surface area contributed by atoms with Gasteiger partial charge in [-0.15, -0.1) is 24.8 Å². The molecule has 1 aliphatic heterocycles. The molecule has 1 atom stereocenters. The number of anilines is 1. The monoisotopic (exact) mass is 417 g/mol. The maximum atomic E-state index is 12.9. The number of nitrogens with two attached hydrogens (primary N) is 1. The number of rotatable bonds is 5. The minimum absolute atomic E-state index is 0. The third kappa shape index (κ3) is 6.62. The van der Waals surface area contributed by atoms with E-state index in [1.54, 1.807) is 12.1 Å². The van der Waals surface area contributed by atoms with Crippen molar-refractivity contribution in [3.8, 4) is 11.6 Å². The molecule has 27 heavy (non-hydrogen) atoms. The molecule has 2 aromatic rings. The summed E-state index contributed by atoms with van der Waals surface area (Å²) in [6.45, 7) is 1.28. The molecule has 1 saturated heterocycles. The van der Waals surface area contributed by atoms with Gasteiger partial charge in [0.05, 0.1) is 17.9 Å². The third-order valence-corrected chi connectivity index (χ3v) is 4.12. The first-order valence-corrected chi connectivity index (χ1v) is 8.15. The molecule has 148 valence electrons. The van der Waals surface area contributed by atoms with Crippen LogP contribution in [-0.2, 0) is 9.53 Å². The molecule has 2 heterocycles. The molecule has 9 heteroatoms. The second-order valence-corrected chi connectivity index (χ2v) is 5.91. The Morgan fingerprint density at radius 3 is 2.44 bits per heavy atom. The van der Waals surface area contributed by atoms with Gasteiger partial charge < -0.3 is 20.5 Å². The first-order valence-electron chi connectivity index (χ1n) is 8.15. The van der Waals surface area contributed by atoms with Gasteiger partial charge in [0.1, 0.15) is 11.6 Å². The van der Waals surface area contributed by atoms with Crippen molar-refractivity contribution in [1.82, 2.24) is 4.98 Å². The Balaban J connectivity index is 0.00000182. The molecule has 0 saturated carbocycles. The zero-order chi connectivity index (χ0) is 17.6. The second-order valence-electron chi connectivity index (χ2n) is 5.91. The number of carbonyl (C=O) groups excluding carboxylic acids is 1. The fraction of sp³-hybridized carbons (Fsp3) is 0.333. The zero-order valence-electron chi connectivity index (χ0n) is 14.5. The molecule has 3 N–H and O–H groups in total. The highest BCUT2D eigenvalue weighted by molar-refractivity contribution is 5.94. The molecule has 1 fully saturated rings. The van der Waals surface area contributed by atoms with E-state index in [9.17, 15) is 9.18 Å². The second kappa shape index (κ2) is 11.0. The summed E-state index contributed by atoms with van der Waals surface area (Å²) in [6, 6.07) is 8.38. The van der Waals surface area contributed by atoms with E-state index in [-0.39, 0.29) is 42.5 Å². The van der Waals surface area contributed by atoms with Gasteiger partial charge in [-0.05, 0) is 49.1 Å². The highest BCUT2D eigenvalue weighted by atomic mass is 35.5. The van der Waals surface area contributed by atoms with Gasteiger partial charge in [-0.3, -0.25) is 4.79 Å². The first-order chi connectivity index (χ1) is 12.1. The fourth-order valence-corrected chi connectivity index (χ4v) is 2.65. The van der Waals surface area contributed by atoms with Gasteiger partial charge >= 0.3 is 0 Å². The van der Waals surface area contributed by atoms with E-state index < -0.39 is 6.04 Å². The summed E-state index contributed by atoms with van der Waals surface area (Å²) in [7, 11) is 0. The normalized spacial score (nSPS) is 15.0. The molecule has 0 radical (unpaired) electrons. The number of halogens is 3. The minimum Gasteiger partial charge on any atom is -0.439 e. The van der Waals surface area contributed by atoms with Crippen molar-refractivity contribution in [2.24, 2.45) is 11.7 Å². The number of nitrogens with one attached hydrogen (secondary N) is 1. The Morgan fingerprint density at radius 2 is 1.85 bits per heavy atom. The lowest BCUT2D eigenvalue weighted by Crippen LogP contribution is -2.44. The Kier molecular flexibility index (Phi) is 9.45. The van der Waals surface area contributed by atoms with Crippen LogP contribution in [0.1, 0.15) is 12.8 Å². The third-order valence-electron chi connectivity index (χ3n) is 4.12. The lowest BCUT2D eigenvalue weighted by atomic mass is 9.92. The number of carbonyl (C=O) groups is 1. The first kappa shape index (κ1) is 23.1. The van der Waals surface area contributed by atoms with Crippen molar-refractivity contribution >= 4 is 36.4 Å². The van der Waals surface area contributed by atoms with Crippen LogP contribution in [0.2, 0.25) is 0 Å². The molecule has 0 bridgehead atoms. The van der Waals surface area contributed by atoms with Crippen LogP contribution in [-0.4, -0.2) is 30.1 Å². The minimum atomic E-state index is -0.570. The van der Waals surface area contributed by atoms with Crippen molar-refractivity contribution in [2.75, 3.05) is 18.5 Å². The number of nitrogens with zero attached hydrogens (tertiary/aromatic N) is 1. The summed E-state index contributed by atoms with van der Waals surface area (Å²) in [4.78, 5) is 16.4. The number of amides is 1. The van der Waals surface area contributed by atoms with Crippen LogP contribution in [0, 0.1) is 11.7 Å². The molecule has 1 aromatic carbocycles. The number of benzene rings is 1. The van der Waals surface area contributed by atoms with E-state index in [1.165, 1.54) is 30.5 Å². The van der Waals surface area contributed by atoms with Crippen LogP contribution in [0.4, 0.5) is 10.1 Å². The zero-order valence-corrected chi connectivity index (χ0v) is 16.1. The molecular formula is C18H22Cl2FN3O3. The van der Waals surface area contributed by atoms with Crippen molar-refractivity contribution < 1.29 is 18.7 Å². The highest BCUT2D eigenvalue weighted by Gasteiger charge is 2.26. The summed E-state index contributed by atoms with van der Waals surface area (Å²) in [6.07, 6.45) is 3.07. The lowest BCUT2D eigenvalue weighted by Gasteiger charge is -2.26. The number of aromatic nitrogens is 1. The summed E-state index contributed by atoms with van der Waals surface area (Å²) < 4.78 is 23.7. The molecule has 1 amide bonds. The lowest BCUT2D eigenvalue weighted by molar-refractivity contribution is -0.119. The smallest absolute Gasteiger partial charge is 0.241 e. The van der Waals surface area contributed by atoms with E-state index in [0.717, 1.165) is 12.8 Å². The highest BCUT2D eigenvalue weighted by Crippen LogP contribution is 2.22. The van der Waals surface area contributed by atoms with Crippen molar-refractivity contribution in [3.05, 3.63) is 48.4 Å². The Labute approximate surface area is 169 Å². The van der Waals surface area contributed by atoms with Crippen LogP contribution >= 0.6 is 24.8 Å². The topological polar surface area (TPSA) is 86.5 Å². The van der Waals surface area contributed by atoms with E-state index >= 15 is 0 Å². The average molecular weight is 418 g/mol. The van der Waals surface area contributed by atoms with E-state index in [0.29, 0.717) is 30.5 Å². The van der Waals surface area contributed by atoms with Gasteiger partial charge in [-0.2, -0.15) is 0 Å². The Morgan fingerprint density at radius 1 is 1.19 bits per heavy atom. The van der Waals surface area contributed by atoms with Gasteiger partial charge in [-0.25, -0.2) is 9.37 Å². The molecular weight excluding hydrogens is 396 g/mol. The maximum Gasteiger partial charge on any atom is 0.241 e. The molecule has 0 spiro atoms. The van der Waals surface area contributed by atoms with Crippen molar-refractivity contribution in [1.29, 1.82) is 0 Å². The summed E-state index contributed by atoms with van der Waals surface area (Å²) >= 11 is 0. The van der Waals surface area contributed by atoms with Crippen LogP contribution in [0.5, 0.6) is 11.6 Å². The van der Waals surface area contributed by atoms with E-state index in [4.69, 9.17) is 15.2 Å². The average Bonchev–Trinajstić information content (AvgIpc) is 2.65. The number of hydrogen-bond acceptors (Lipinski definition) is 5. The number of pyridine rings is 1. The van der Waals surface area contributed by atoms with Crippen molar-refractivity contribution in [3.63, 3.8) is 0 Å². The standard InChI is InChI=1S/C18H20FN3O3.2ClH/c19-13-1-4-15(5-2-13)25-16-6-3-14(11-21-16)22-18(23)17(20)12-7-9-24-10-8-12;;/h1-6,11-12,17H,7-10,20H2,(H,22,23);2*1H. The summed E-state index contributed by atoms with van der Waals surface area (Å²) in [5.74, 6) is 0.383. The predicted octanol–water partition coefficient (Wildman–Crippen LogP) is 3.55. The molecule has 3 rings (SSSR count). The predicted molar refractivity (Wildman–Crippen MR) is 105 cm³/mol. The molecule has 6 nitrogen and oxygen atoms in total. The quantitative estimate of drug-likeness (QED) is 0.776. The SMILES string of the molecule is Cl.Cl.NC(C(=O)Nc1ccc(Oc2ccc(F)cc2)nc1)C1CCOCC1. The van der Waals surface area contributed by atoms with E-state index in [1.807, 2.05) is 0 Å². The van der Waals surface area contributed by atoms with Crippen LogP contribution in [0.3, 0.4) is 0 Å². The van der Waals surface area contributed by atoms with Gasteiger partial charge in [0.2, 0.25) is 11.8 Å². The van der Waals surface area contributed by atoms with Gasteiger partial charge in [0.15, 0.2) is 0 Å². The van der Waals surface area contributed by atoms with Gasteiger partial charge in [-0.1, -0.05) is 0 Å². The fourth-order valence-electron chi connectivity index (χ4n) is 2.65. The van der Waals surface area contributed by atoms with Crippen molar-refractivity contribution in [2.45, 2.75) is 18.9 Å². The van der Waals surface area contributed by atoms with Crippen LogP contribution in [0.25, 0.3) is 0 Å². The molecule has 1 aliphatic rings. The van der Waals surface area contributed by atoms with Gasteiger partial charge in [0, 0.05) is 19.3 Å². The van der Waals surface area contributed by atoms with Gasteiger partial charge in [0.25, 0.3) is 0 Å². The molecule has 1 aromatic heterocycles. The maximum absolute atomic E-state index is 12.9. The largest absolute Gasteiger partial charge is 0.439 e. The van der Waals surface area contributed by atoms with E-state index in [2.05, 4.69) is 10.3 Å². The van der Waals surface area contributed by atoms with Crippen LogP contribution < -0.4 is 15.8 Å². The number of hydrogen-bond donors (Lipinski definition) is 2. The summed E-state index contributed by atoms with van der Waals surface area (Å²) in [5.41, 5.74) is 6.58. The summed E-state index contributed by atoms with van der Waals surface area (Å²) in [5, 5.41) is 2.77. The number of ether oxygens (including phenoxy) is 2. The van der Waals surface area contributed by atoms with Crippen LogP contribution in [0.15, 0.2) is 42.6 Å². The molecule has 0 aliphatic carbocycles. The Hall–Kier alpha value is -1.93.